The number of aromatic amines is 1. The largest absolute Gasteiger partial charge is 0.384 e. The van der Waals surface area contributed by atoms with E-state index in [1.807, 2.05) is 6.20 Å². The van der Waals surface area contributed by atoms with Gasteiger partial charge in [-0.25, -0.2) is 0 Å². The first-order chi connectivity index (χ1) is 20.2. The first-order valence-electron chi connectivity index (χ1n) is 16.3. The van der Waals surface area contributed by atoms with Crippen LogP contribution in [0.4, 0.5) is 0 Å². The van der Waals surface area contributed by atoms with E-state index in [1.54, 1.807) is 0 Å². The van der Waals surface area contributed by atoms with Gasteiger partial charge in [0.2, 0.25) is 0 Å². The van der Waals surface area contributed by atoms with Crippen LogP contribution in [0.3, 0.4) is 0 Å². The number of piperidine rings is 1. The predicted molar refractivity (Wildman–Crippen MR) is 168 cm³/mol. The zero-order valence-corrected chi connectivity index (χ0v) is 24.3. The van der Waals surface area contributed by atoms with Gasteiger partial charge in [-0.3, -0.25) is 9.88 Å². The number of para-hydroxylation sites is 1. The normalized spacial score (nSPS) is 36.1. The standard InChI is InChI=1S/C36H44N4O/c41-36-18-10-4-1-2-5-11-20-39-22-17-30(35(25-39)23-26-13-7-3-6-12-21-40(26)34(35)36)29(24-36)32-33-28(16-19-37-32)27-14-8-9-15-31(27)38-33/h1,4,7-9,13-16,19,24,26,30,34,38,41H,2-3,5-6,10-12,17-18,20-23,25H2/t26-,30-,34+,35-,36-/m0/s1. The summed E-state index contributed by atoms with van der Waals surface area (Å²) in [5.74, 6) is 0.385. The summed E-state index contributed by atoms with van der Waals surface area (Å²) in [6, 6.07) is 11.3. The number of aromatic nitrogens is 2. The van der Waals surface area contributed by atoms with E-state index in [0.717, 1.165) is 68.5 Å². The smallest absolute Gasteiger partial charge is 0.0998 e. The molecule has 41 heavy (non-hydrogen) atoms. The highest BCUT2D eigenvalue weighted by Crippen LogP contribution is 2.61. The maximum Gasteiger partial charge on any atom is 0.0998 e. The van der Waals surface area contributed by atoms with Gasteiger partial charge in [-0.15, -0.1) is 0 Å². The van der Waals surface area contributed by atoms with Crippen LogP contribution in [0.25, 0.3) is 27.4 Å². The molecule has 6 atom stereocenters. The minimum atomic E-state index is -0.898. The van der Waals surface area contributed by atoms with Crippen molar-refractivity contribution in [3.8, 4) is 0 Å². The highest BCUT2D eigenvalue weighted by atomic mass is 16.3. The van der Waals surface area contributed by atoms with Gasteiger partial charge in [-0.2, -0.15) is 0 Å². The fraction of sp³-hybridized carbons (Fsp3) is 0.528. The molecule has 2 fully saturated rings. The second kappa shape index (κ2) is 10.2. The molecule has 5 nitrogen and oxygen atoms in total. The van der Waals surface area contributed by atoms with E-state index in [0.29, 0.717) is 12.0 Å². The summed E-state index contributed by atoms with van der Waals surface area (Å²) in [4.78, 5) is 14.4. The average Bonchev–Trinajstić information content (AvgIpc) is 3.49. The third-order valence-corrected chi connectivity index (χ3v) is 11.2. The molecule has 3 aromatic rings. The minimum absolute atomic E-state index is 0.00403. The average molecular weight is 549 g/mol. The Morgan fingerprint density at radius 1 is 0.902 bits per heavy atom. The number of allylic oxidation sites excluding steroid dienone is 4. The number of H-pyrrole nitrogens is 1. The monoisotopic (exact) mass is 548 g/mol. The number of aliphatic hydroxyl groups is 1. The first-order valence-corrected chi connectivity index (χ1v) is 16.3. The van der Waals surface area contributed by atoms with Crippen molar-refractivity contribution in [3.63, 3.8) is 0 Å². The number of fused-ring (bicyclic) bond motifs is 5. The molecule has 6 heterocycles. The van der Waals surface area contributed by atoms with Crippen LogP contribution in [0.2, 0.25) is 0 Å². The maximum atomic E-state index is 13.1. The molecule has 8 rings (SSSR count). The summed E-state index contributed by atoms with van der Waals surface area (Å²) in [6.07, 6.45) is 25.2. The van der Waals surface area contributed by atoms with Crippen molar-refractivity contribution in [1.82, 2.24) is 19.8 Å². The van der Waals surface area contributed by atoms with Crippen molar-refractivity contribution in [2.45, 2.75) is 81.9 Å². The van der Waals surface area contributed by atoms with Gasteiger partial charge in [-0.05, 0) is 114 Å². The third-order valence-electron chi connectivity index (χ3n) is 11.2. The minimum Gasteiger partial charge on any atom is -0.384 e. The van der Waals surface area contributed by atoms with Crippen LogP contribution in [0.1, 0.15) is 69.9 Å². The number of hydrogen-bond acceptors (Lipinski definition) is 4. The first kappa shape index (κ1) is 25.9. The Kier molecular flexibility index (Phi) is 6.46. The van der Waals surface area contributed by atoms with Crippen molar-refractivity contribution in [2.75, 3.05) is 26.2 Å². The summed E-state index contributed by atoms with van der Waals surface area (Å²) >= 11 is 0. The van der Waals surface area contributed by atoms with E-state index in [1.165, 1.54) is 55.0 Å². The van der Waals surface area contributed by atoms with Gasteiger partial charge in [0.15, 0.2) is 0 Å². The Balaban J connectivity index is 1.35. The quantitative estimate of drug-likeness (QED) is 0.326. The topological polar surface area (TPSA) is 55.4 Å². The van der Waals surface area contributed by atoms with Gasteiger partial charge >= 0.3 is 0 Å². The van der Waals surface area contributed by atoms with Crippen molar-refractivity contribution >= 4 is 27.4 Å². The Labute approximate surface area is 244 Å². The van der Waals surface area contributed by atoms with Gasteiger partial charge in [0.1, 0.15) is 0 Å². The highest BCUT2D eigenvalue weighted by Gasteiger charge is 2.65. The Bertz CT molecular complexity index is 1530. The van der Waals surface area contributed by atoms with Gasteiger partial charge < -0.3 is 15.0 Å². The van der Waals surface area contributed by atoms with Crippen molar-refractivity contribution < 1.29 is 5.11 Å². The molecule has 1 spiro atoms. The van der Waals surface area contributed by atoms with Gasteiger partial charge in [0.25, 0.3) is 0 Å². The van der Waals surface area contributed by atoms with E-state index in [2.05, 4.69) is 75.5 Å². The van der Waals surface area contributed by atoms with Crippen LogP contribution in [0.5, 0.6) is 0 Å². The molecule has 1 aliphatic carbocycles. The zero-order chi connectivity index (χ0) is 27.4. The Morgan fingerprint density at radius 3 is 2.71 bits per heavy atom. The molecule has 5 heteroatoms. The van der Waals surface area contributed by atoms with Crippen LogP contribution in [-0.4, -0.2) is 68.7 Å². The summed E-state index contributed by atoms with van der Waals surface area (Å²) in [5.41, 5.74) is 3.74. The number of benzene rings is 1. The number of nitrogens with zero attached hydrogens (tertiary/aromatic N) is 3. The molecule has 0 radical (unpaired) electrons. The lowest BCUT2D eigenvalue weighted by atomic mass is 9.54. The number of pyridine rings is 1. The summed E-state index contributed by atoms with van der Waals surface area (Å²) in [7, 11) is 0. The fourth-order valence-corrected chi connectivity index (χ4v) is 9.59. The van der Waals surface area contributed by atoms with Gasteiger partial charge in [-0.1, -0.05) is 42.5 Å². The fourth-order valence-electron chi connectivity index (χ4n) is 9.59. The van der Waals surface area contributed by atoms with Crippen LogP contribution >= 0.6 is 0 Å². The van der Waals surface area contributed by atoms with Crippen LogP contribution < -0.4 is 0 Å². The van der Waals surface area contributed by atoms with Crippen LogP contribution in [0.15, 0.2) is 66.9 Å². The second-order valence-electron chi connectivity index (χ2n) is 13.5. The molecule has 0 saturated carbocycles. The third kappa shape index (κ3) is 4.18. The van der Waals surface area contributed by atoms with Crippen molar-refractivity contribution in [1.29, 1.82) is 0 Å². The van der Waals surface area contributed by atoms with Gasteiger partial charge in [0, 0.05) is 40.5 Å². The molecule has 3 bridgehead atoms. The number of hydrogen-bond donors (Lipinski definition) is 2. The molecule has 1 aromatic carbocycles. The number of nitrogens with one attached hydrogen (secondary N) is 1. The molecule has 5 aliphatic rings. The van der Waals surface area contributed by atoms with E-state index >= 15 is 0 Å². The Morgan fingerprint density at radius 2 is 1.76 bits per heavy atom. The van der Waals surface area contributed by atoms with E-state index in [9.17, 15) is 5.11 Å². The lowest BCUT2D eigenvalue weighted by Gasteiger charge is -2.58. The number of rotatable bonds is 1. The molecular formula is C36H44N4O. The second-order valence-corrected chi connectivity index (χ2v) is 13.5. The Hall–Kier alpha value is -2.73. The molecular weight excluding hydrogens is 504 g/mol. The van der Waals surface area contributed by atoms with E-state index < -0.39 is 5.60 Å². The van der Waals surface area contributed by atoms with Crippen LogP contribution in [0, 0.1) is 11.3 Å². The van der Waals surface area contributed by atoms with E-state index in [-0.39, 0.29) is 11.5 Å². The highest BCUT2D eigenvalue weighted by molar-refractivity contribution is 6.09. The summed E-state index contributed by atoms with van der Waals surface area (Å²) in [5, 5.41) is 15.5. The van der Waals surface area contributed by atoms with E-state index in [4.69, 9.17) is 4.98 Å². The zero-order valence-electron chi connectivity index (χ0n) is 24.3. The SMILES string of the molecule is O[C@]12C=C(c3nccc4c3[nH]c3ccccc34)[C@@H]3CCN(CCCCC=CCC1)C[C@@]31C[C@@H]3C=CCCCCN3[C@H]12. The maximum absolute atomic E-state index is 13.1. The molecule has 2 saturated heterocycles. The van der Waals surface area contributed by atoms with Crippen molar-refractivity contribution in [2.24, 2.45) is 11.3 Å². The molecule has 0 amide bonds. The lowest BCUT2D eigenvalue weighted by molar-refractivity contribution is -0.0894. The van der Waals surface area contributed by atoms with Gasteiger partial charge in [0.05, 0.1) is 22.9 Å². The van der Waals surface area contributed by atoms with Crippen LogP contribution in [-0.2, 0) is 0 Å². The molecule has 214 valence electrons. The predicted octanol–water partition coefficient (Wildman–Crippen LogP) is 6.86. The lowest BCUT2D eigenvalue weighted by Crippen LogP contribution is -2.65. The summed E-state index contributed by atoms with van der Waals surface area (Å²) in [6.45, 7) is 4.47. The molecule has 2 aromatic heterocycles. The summed E-state index contributed by atoms with van der Waals surface area (Å²) < 4.78 is 0. The molecule has 1 unspecified atom stereocenters. The molecule has 4 aliphatic heterocycles. The molecule has 2 N–H and O–H groups in total. The van der Waals surface area contributed by atoms with Crippen molar-refractivity contribution in [3.05, 3.63) is 72.6 Å².